The summed E-state index contributed by atoms with van der Waals surface area (Å²) < 4.78 is 0. The van der Waals surface area contributed by atoms with E-state index in [1.807, 2.05) is 37.3 Å². The van der Waals surface area contributed by atoms with E-state index in [1.54, 1.807) is 0 Å². The van der Waals surface area contributed by atoms with Crippen molar-refractivity contribution in [1.29, 1.82) is 0 Å². The maximum atomic E-state index is 11.0. The first kappa shape index (κ1) is 10.1. The molecule has 0 saturated carbocycles. The fourth-order valence-corrected chi connectivity index (χ4v) is 1.47. The third-order valence-corrected chi connectivity index (χ3v) is 2.44. The van der Waals surface area contributed by atoms with Gasteiger partial charge in [0.15, 0.2) is 0 Å². The molecule has 0 aromatic heterocycles. The van der Waals surface area contributed by atoms with E-state index in [1.165, 1.54) is 0 Å². The predicted octanol–water partition coefficient (Wildman–Crippen LogP) is 0.595. The van der Waals surface area contributed by atoms with Crippen molar-refractivity contribution in [3.63, 3.8) is 0 Å². The van der Waals surface area contributed by atoms with Gasteiger partial charge in [0.05, 0.1) is 12.6 Å². The van der Waals surface area contributed by atoms with Gasteiger partial charge in [-0.25, -0.2) is 0 Å². The molecule has 2 unspecified atom stereocenters. The van der Waals surface area contributed by atoms with Crippen LogP contribution in [-0.4, -0.2) is 18.0 Å². The van der Waals surface area contributed by atoms with E-state index < -0.39 is 0 Å². The molecule has 15 heavy (non-hydrogen) atoms. The number of rotatable bonds is 4. The number of β-lactam (4-membered cyclic amide) rings is 1. The summed E-state index contributed by atoms with van der Waals surface area (Å²) in [6.45, 7) is 2.41. The van der Waals surface area contributed by atoms with E-state index in [0.717, 1.165) is 5.56 Å². The molecule has 2 atom stereocenters. The number of hydrogen-bond acceptors (Lipinski definition) is 3. The number of carbonyl (C=O) groups excluding carboxylic acids is 1. The van der Waals surface area contributed by atoms with E-state index in [4.69, 9.17) is 4.84 Å². The van der Waals surface area contributed by atoms with Crippen LogP contribution < -0.4 is 10.8 Å². The standard InChI is InChI=1S/C11H14N2O2/c1-8-10(11(14)12-8)13-15-7-9-5-3-2-4-6-9/h2-6,8,10,13H,7H2,1H3,(H,12,14). The zero-order chi connectivity index (χ0) is 10.7. The molecule has 80 valence electrons. The third kappa shape index (κ3) is 2.34. The monoisotopic (exact) mass is 206 g/mol. The minimum Gasteiger partial charge on any atom is -0.350 e. The van der Waals surface area contributed by atoms with Gasteiger partial charge in [-0.2, -0.15) is 5.48 Å². The van der Waals surface area contributed by atoms with Crippen LogP contribution >= 0.6 is 0 Å². The van der Waals surface area contributed by atoms with Crippen molar-refractivity contribution < 1.29 is 9.63 Å². The molecule has 4 heteroatoms. The van der Waals surface area contributed by atoms with E-state index in [2.05, 4.69) is 10.8 Å². The van der Waals surface area contributed by atoms with E-state index in [-0.39, 0.29) is 18.0 Å². The summed E-state index contributed by atoms with van der Waals surface area (Å²) in [5.41, 5.74) is 3.84. The van der Waals surface area contributed by atoms with Gasteiger partial charge in [0.2, 0.25) is 5.91 Å². The van der Waals surface area contributed by atoms with Crippen LogP contribution in [0.4, 0.5) is 0 Å². The van der Waals surface area contributed by atoms with E-state index in [9.17, 15) is 4.79 Å². The van der Waals surface area contributed by atoms with Crippen LogP contribution in [0.15, 0.2) is 30.3 Å². The van der Waals surface area contributed by atoms with Gasteiger partial charge in [0, 0.05) is 0 Å². The number of benzene rings is 1. The van der Waals surface area contributed by atoms with Crippen molar-refractivity contribution in [2.45, 2.75) is 25.6 Å². The predicted molar refractivity (Wildman–Crippen MR) is 55.8 cm³/mol. The molecular weight excluding hydrogens is 192 g/mol. The SMILES string of the molecule is CC1NC(=O)C1NOCc1ccccc1. The van der Waals surface area contributed by atoms with Crippen LogP contribution in [0.5, 0.6) is 0 Å². The lowest BCUT2D eigenvalue weighted by atomic mass is 10.0. The lowest BCUT2D eigenvalue weighted by molar-refractivity contribution is -0.138. The Morgan fingerprint density at radius 1 is 1.40 bits per heavy atom. The minimum absolute atomic E-state index is 0.00411. The molecule has 0 spiro atoms. The summed E-state index contributed by atoms with van der Waals surface area (Å²) in [6.07, 6.45) is 0. The molecule has 0 radical (unpaired) electrons. The molecule has 1 aliphatic rings. The number of carbonyl (C=O) groups is 1. The Morgan fingerprint density at radius 3 is 2.73 bits per heavy atom. The summed E-state index contributed by atoms with van der Waals surface area (Å²) in [5.74, 6) is -0.00411. The maximum Gasteiger partial charge on any atom is 0.241 e. The van der Waals surface area contributed by atoms with Crippen molar-refractivity contribution >= 4 is 5.91 Å². The highest BCUT2D eigenvalue weighted by atomic mass is 16.6. The Balaban J connectivity index is 1.73. The molecule has 2 rings (SSSR count). The van der Waals surface area contributed by atoms with Crippen LogP contribution in [0.25, 0.3) is 0 Å². The first-order valence-electron chi connectivity index (χ1n) is 4.99. The molecule has 1 aromatic carbocycles. The maximum absolute atomic E-state index is 11.0. The van der Waals surface area contributed by atoms with Crippen LogP contribution in [-0.2, 0) is 16.2 Å². The minimum atomic E-state index is -0.214. The van der Waals surface area contributed by atoms with Crippen molar-refractivity contribution in [3.8, 4) is 0 Å². The van der Waals surface area contributed by atoms with Gasteiger partial charge in [-0.15, -0.1) is 0 Å². The molecule has 4 nitrogen and oxygen atoms in total. The number of hydroxylamine groups is 1. The van der Waals surface area contributed by atoms with Crippen LogP contribution in [0.1, 0.15) is 12.5 Å². The fourth-order valence-electron chi connectivity index (χ4n) is 1.47. The lowest BCUT2D eigenvalue weighted by Crippen LogP contribution is -2.66. The summed E-state index contributed by atoms with van der Waals surface area (Å²) >= 11 is 0. The van der Waals surface area contributed by atoms with Crippen molar-refractivity contribution in [3.05, 3.63) is 35.9 Å². The number of hydrogen-bond donors (Lipinski definition) is 2. The highest BCUT2D eigenvalue weighted by Crippen LogP contribution is 2.06. The van der Waals surface area contributed by atoms with Gasteiger partial charge >= 0.3 is 0 Å². The van der Waals surface area contributed by atoms with Crippen LogP contribution in [0, 0.1) is 0 Å². The summed E-state index contributed by atoms with van der Waals surface area (Å²) in [4.78, 5) is 16.3. The molecule has 1 amide bonds. The highest BCUT2D eigenvalue weighted by molar-refractivity contribution is 5.88. The summed E-state index contributed by atoms with van der Waals surface area (Å²) in [6, 6.07) is 9.76. The average molecular weight is 206 g/mol. The summed E-state index contributed by atoms with van der Waals surface area (Å²) in [5, 5.41) is 2.72. The zero-order valence-corrected chi connectivity index (χ0v) is 8.57. The first-order chi connectivity index (χ1) is 7.27. The molecule has 2 N–H and O–H groups in total. The topological polar surface area (TPSA) is 50.4 Å². The Hall–Kier alpha value is -1.39. The second-order valence-corrected chi connectivity index (χ2v) is 3.67. The Kier molecular flexibility index (Phi) is 2.99. The fraction of sp³-hybridized carbons (Fsp3) is 0.364. The molecule has 1 aliphatic heterocycles. The van der Waals surface area contributed by atoms with Gasteiger partial charge in [0.1, 0.15) is 6.04 Å². The van der Waals surface area contributed by atoms with Crippen molar-refractivity contribution in [1.82, 2.24) is 10.8 Å². The van der Waals surface area contributed by atoms with Crippen LogP contribution in [0.2, 0.25) is 0 Å². The first-order valence-corrected chi connectivity index (χ1v) is 4.99. The largest absolute Gasteiger partial charge is 0.350 e. The Morgan fingerprint density at radius 2 is 2.13 bits per heavy atom. The third-order valence-electron chi connectivity index (χ3n) is 2.44. The number of amides is 1. The van der Waals surface area contributed by atoms with Gasteiger partial charge in [-0.3, -0.25) is 9.63 Å². The van der Waals surface area contributed by atoms with Crippen molar-refractivity contribution in [2.24, 2.45) is 0 Å². The normalized spacial score (nSPS) is 24.5. The average Bonchev–Trinajstić information content (AvgIpc) is 2.26. The highest BCUT2D eigenvalue weighted by Gasteiger charge is 2.35. The van der Waals surface area contributed by atoms with E-state index >= 15 is 0 Å². The second-order valence-electron chi connectivity index (χ2n) is 3.67. The van der Waals surface area contributed by atoms with Gasteiger partial charge < -0.3 is 5.32 Å². The van der Waals surface area contributed by atoms with Crippen LogP contribution in [0.3, 0.4) is 0 Å². The number of nitrogens with one attached hydrogen (secondary N) is 2. The molecule has 1 fully saturated rings. The molecule has 0 bridgehead atoms. The quantitative estimate of drug-likeness (QED) is 0.560. The smallest absolute Gasteiger partial charge is 0.241 e. The van der Waals surface area contributed by atoms with Gasteiger partial charge in [-0.1, -0.05) is 30.3 Å². The van der Waals surface area contributed by atoms with E-state index in [0.29, 0.717) is 6.61 Å². The zero-order valence-electron chi connectivity index (χ0n) is 8.57. The van der Waals surface area contributed by atoms with Gasteiger partial charge in [0.25, 0.3) is 0 Å². The molecule has 1 aromatic rings. The molecule has 0 aliphatic carbocycles. The van der Waals surface area contributed by atoms with Crippen molar-refractivity contribution in [2.75, 3.05) is 0 Å². The molecule has 1 heterocycles. The molecule has 1 saturated heterocycles. The Bertz CT molecular complexity index is 340. The summed E-state index contributed by atoms with van der Waals surface area (Å²) in [7, 11) is 0. The second kappa shape index (κ2) is 4.42. The van der Waals surface area contributed by atoms with Gasteiger partial charge in [-0.05, 0) is 12.5 Å². The Labute approximate surface area is 88.6 Å². The molecular formula is C11H14N2O2. The lowest BCUT2D eigenvalue weighted by Gasteiger charge is -2.33.